The van der Waals surface area contributed by atoms with Crippen LogP contribution in [-0.2, 0) is 9.59 Å². The molecule has 0 saturated carbocycles. The molecular weight excluding hydrogens is 482 g/mol. The van der Waals surface area contributed by atoms with E-state index in [4.69, 9.17) is 11.6 Å². The van der Waals surface area contributed by atoms with Crippen molar-refractivity contribution in [3.8, 4) is 0 Å². The number of carbonyl (C=O) groups is 3. The lowest BCUT2D eigenvalue weighted by molar-refractivity contribution is -0.127. The van der Waals surface area contributed by atoms with Crippen LogP contribution in [0.15, 0.2) is 66.0 Å². The fraction of sp³-hybridized carbons (Fsp3) is 0.296. The Bertz CT molecular complexity index is 1160. The van der Waals surface area contributed by atoms with Gasteiger partial charge in [0, 0.05) is 16.2 Å². The van der Waals surface area contributed by atoms with Gasteiger partial charge in [0.2, 0.25) is 11.8 Å². The van der Waals surface area contributed by atoms with E-state index in [0.717, 1.165) is 5.56 Å². The second kappa shape index (κ2) is 11.5. The lowest BCUT2D eigenvalue weighted by Gasteiger charge is -2.34. The predicted octanol–water partition coefficient (Wildman–Crippen LogP) is 5.52. The van der Waals surface area contributed by atoms with Crippen molar-refractivity contribution in [3.63, 3.8) is 0 Å². The number of hydrogen-bond acceptors (Lipinski definition) is 4. The highest BCUT2D eigenvalue weighted by Crippen LogP contribution is 2.30. The van der Waals surface area contributed by atoms with Crippen molar-refractivity contribution in [2.45, 2.75) is 45.7 Å². The summed E-state index contributed by atoms with van der Waals surface area (Å²) in [5.41, 5.74) is 1.73. The predicted molar refractivity (Wildman–Crippen MR) is 142 cm³/mol. The highest BCUT2D eigenvalue weighted by atomic mass is 35.5. The van der Waals surface area contributed by atoms with E-state index in [1.54, 1.807) is 41.8 Å². The maximum Gasteiger partial charge on any atom is 0.261 e. The first kappa shape index (κ1) is 26.4. The fourth-order valence-electron chi connectivity index (χ4n) is 3.43. The smallest absolute Gasteiger partial charge is 0.261 e. The number of nitrogens with one attached hydrogen (secondary N) is 2. The summed E-state index contributed by atoms with van der Waals surface area (Å²) in [5, 5.41) is 8.07. The Hall–Kier alpha value is -3.16. The summed E-state index contributed by atoms with van der Waals surface area (Å²) in [7, 11) is 0. The van der Waals surface area contributed by atoms with Crippen LogP contribution in [0.4, 0.5) is 5.69 Å². The van der Waals surface area contributed by atoms with E-state index < -0.39 is 17.5 Å². The zero-order chi connectivity index (χ0) is 25.6. The molecule has 184 valence electrons. The number of carbonyl (C=O) groups excluding carboxylic acids is 3. The molecule has 6 nitrogen and oxygen atoms in total. The Morgan fingerprint density at radius 2 is 1.69 bits per heavy atom. The van der Waals surface area contributed by atoms with Gasteiger partial charge in [0.25, 0.3) is 5.91 Å². The molecule has 0 saturated heterocycles. The highest BCUT2D eigenvalue weighted by Gasteiger charge is 2.35. The van der Waals surface area contributed by atoms with Crippen molar-refractivity contribution in [2.75, 3.05) is 11.4 Å². The summed E-state index contributed by atoms with van der Waals surface area (Å²) >= 11 is 7.39. The Morgan fingerprint density at radius 3 is 2.26 bits per heavy atom. The van der Waals surface area contributed by atoms with E-state index in [9.17, 15) is 14.4 Å². The molecule has 3 aromatic rings. The van der Waals surface area contributed by atoms with Gasteiger partial charge in [0.05, 0.1) is 11.4 Å². The van der Waals surface area contributed by atoms with Gasteiger partial charge in [-0.3, -0.25) is 19.3 Å². The highest BCUT2D eigenvalue weighted by molar-refractivity contribution is 7.12. The number of rotatable bonds is 9. The van der Waals surface area contributed by atoms with Crippen molar-refractivity contribution >= 4 is 46.3 Å². The minimum Gasteiger partial charge on any atom is -0.349 e. The largest absolute Gasteiger partial charge is 0.349 e. The minimum absolute atomic E-state index is 0.272. The third-order valence-corrected chi connectivity index (χ3v) is 6.88. The monoisotopic (exact) mass is 511 g/mol. The number of hydrogen-bond donors (Lipinski definition) is 2. The van der Waals surface area contributed by atoms with Crippen LogP contribution in [0.1, 0.15) is 54.0 Å². The molecule has 1 atom stereocenters. The Labute approximate surface area is 215 Å². The van der Waals surface area contributed by atoms with E-state index in [-0.39, 0.29) is 18.4 Å². The Balaban J connectivity index is 2.01. The summed E-state index contributed by atoms with van der Waals surface area (Å²) < 4.78 is 0. The summed E-state index contributed by atoms with van der Waals surface area (Å²) in [5.74, 6) is -1.08. The maximum atomic E-state index is 13.7. The summed E-state index contributed by atoms with van der Waals surface area (Å²) in [6, 6.07) is 16.7. The van der Waals surface area contributed by atoms with Crippen LogP contribution in [0.5, 0.6) is 0 Å². The van der Waals surface area contributed by atoms with E-state index in [0.29, 0.717) is 27.6 Å². The number of amides is 3. The first-order chi connectivity index (χ1) is 16.6. The number of anilines is 1. The first-order valence-electron chi connectivity index (χ1n) is 11.4. The van der Waals surface area contributed by atoms with Crippen LogP contribution in [0.2, 0.25) is 5.02 Å². The molecule has 0 spiro atoms. The summed E-state index contributed by atoms with van der Waals surface area (Å²) in [4.78, 5) is 41.7. The van der Waals surface area contributed by atoms with E-state index in [1.807, 2.05) is 52.0 Å². The van der Waals surface area contributed by atoms with Crippen LogP contribution >= 0.6 is 22.9 Å². The molecule has 0 fully saturated rings. The second-order valence-electron chi connectivity index (χ2n) is 8.94. The van der Waals surface area contributed by atoms with Crippen molar-refractivity contribution in [1.82, 2.24) is 10.6 Å². The Morgan fingerprint density at radius 1 is 1.03 bits per heavy atom. The molecule has 1 heterocycles. The maximum absolute atomic E-state index is 13.7. The van der Waals surface area contributed by atoms with Crippen LogP contribution < -0.4 is 15.5 Å². The number of aryl methyl sites for hydroxylation is 1. The van der Waals surface area contributed by atoms with Gasteiger partial charge in [-0.15, -0.1) is 11.3 Å². The SMILES string of the molecule is CCC(C)(C)NC(=O)[C@H](c1ccc(C)cc1)N(C(=O)CNC(=O)c1cccs1)c1ccc(Cl)cc1. The van der Waals surface area contributed by atoms with E-state index in [1.165, 1.54) is 16.2 Å². The zero-order valence-corrected chi connectivity index (χ0v) is 21.9. The Kier molecular flexibility index (Phi) is 8.70. The second-order valence-corrected chi connectivity index (χ2v) is 10.3. The number of nitrogens with zero attached hydrogens (tertiary/aromatic N) is 1. The molecule has 1 aromatic heterocycles. The van der Waals surface area contributed by atoms with Crippen molar-refractivity contribution in [1.29, 1.82) is 0 Å². The van der Waals surface area contributed by atoms with Gasteiger partial charge < -0.3 is 10.6 Å². The van der Waals surface area contributed by atoms with Crippen LogP contribution in [-0.4, -0.2) is 29.8 Å². The molecule has 2 aromatic carbocycles. The average molecular weight is 512 g/mol. The quantitative estimate of drug-likeness (QED) is 0.397. The van der Waals surface area contributed by atoms with Crippen LogP contribution in [0.25, 0.3) is 0 Å². The topological polar surface area (TPSA) is 78.5 Å². The van der Waals surface area contributed by atoms with Crippen LogP contribution in [0, 0.1) is 6.92 Å². The number of thiophene rings is 1. The van der Waals surface area contributed by atoms with Gasteiger partial charge in [-0.1, -0.05) is 54.4 Å². The van der Waals surface area contributed by atoms with Crippen molar-refractivity contribution in [2.24, 2.45) is 0 Å². The molecule has 0 aliphatic heterocycles. The molecule has 0 aliphatic rings. The normalized spacial score (nSPS) is 12.0. The zero-order valence-electron chi connectivity index (χ0n) is 20.3. The molecule has 3 rings (SSSR count). The van der Waals surface area contributed by atoms with Crippen molar-refractivity contribution < 1.29 is 14.4 Å². The molecule has 8 heteroatoms. The number of benzene rings is 2. The van der Waals surface area contributed by atoms with E-state index >= 15 is 0 Å². The summed E-state index contributed by atoms with van der Waals surface area (Å²) in [6.07, 6.45) is 0.713. The molecule has 35 heavy (non-hydrogen) atoms. The van der Waals surface area contributed by atoms with Gasteiger partial charge in [0.15, 0.2) is 0 Å². The average Bonchev–Trinajstić information content (AvgIpc) is 3.37. The minimum atomic E-state index is -0.950. The third kappa shape index (κ3) is 6.93. The van der Waals surface area contributed by atoms with Gasteiger partial charge in [0.1, 0.15) is 6.04 Å². The fourth-order valence-corrected chi connectivity index (χ4v) is 4.20. The molecule has 0 bridgehead atoms. The summed E-state index contributed by atoms with van der Waals surface area (Å²) in [6.45, 7) is 7.55. The number of halogens is 1. The first-order valence-corrected chi connectivity index (χ1v) is 12.6. The van der Waals surface area contributed by atoms with Gasteiger partial charge in [-0.05, 0) is 68.5 Å². The molecule has 0 unspecified atom stereocenters. The molecule has 0 aliphatic carbocycles. The van der Waals surface area contributed by atoms with Gasteiger partial charge >= 0.3 is 0 Å². The lowest BCUT2D eigenvalue weighted by Crippen LogP contribution is -2.52. The van der Waals surface area contributed by atoms with Crippen LogP contribution in [0.3, 0.4) is 0 Å². The third-order valence-electron chi connectivity index (χ3n) is 5.76. The molecule has 3 amide bonds. The standard InChI is InChI=1S/C27H30ClN3O3S/c1-5-27(3,4)30-26(34)24(19-10-8-18(2)9-11-19)31(21-14-12-20(28)13-15-21)23(32)17-29-25(33)22-7-6-16-35-22/h6-16,24H,5,17H2,1-4H3,(H,29,33)(H,30,34)/t24-/m0/s1. The molecule has 2 N–H and O–H groups in total. The molecule has 0 radical (unpaired) electrons. The molecular formula is C27H30ClN3O3S. The van der Waals surface area contributed by atoms with Gasteiger partial charge in [-0.2, -0.15) is 0 Å². The van der Waals surface area contributed by atoms with Crippen molar-refractivity contribution in [3.05, 3.63) is 87.1 Å². The lowest BCUT2D eigenvalue weighted by atomic mass is 9.97. The van der Waals surface area contributed by atoms with E-state index in [2.05, 4.69) is 10.6 Å². The van der Waals surface area contributed by atoms with Gasteiger partial charge in [-0.25, -0.2) is 0 Å².